The number of hydrogen-bond acceptors (Lipinski definition) is 1. The fraction of sp³-hybridized carbons (Fsp3) is 0.533. The van der Waals surface area contributed by atoms with Gasteiger partial charge in [-0.25, -0.2) is 0 Å². The number of hydrogen-bond donors (Lipinski definition) is 1. The first kappa shape index (κ1) is 10.8. The molecule has 0 unspecified atom stereocenters. The Morgan fingerprint density at radius 3 is 2.18 bits per heavy atom. The van der Waals surface area contributed by atoms with Crippen LogP contribution in [0.5, 0.6) is 0 Å². The first-order valence-corrected chi connectivity index (χ1v) is 6.31. The highest BCUT2D eigenvalue weighted by Gasteiger charge is 2.64. The fourth-order valence-corrected chi connectivity index (χ4v) is 3.88. The van der Waals surface area contributed by atoms with Gasteiger partial charge < -0.3 is 5.11 Å². The molecule has 2 atom stereocenters. The Labute approximate surface area is 102 Å². The highest BCUT2D eigenvalue weighted by molar-refractivity contribution is 5.75. The quantitative estimate of drug-likeness (QED) is 0.848. The third-order valence-corrected chi connectivity index (χ3v) is 4.77. The number of carboxylic acid groups (broad SMARTS) is 1. The van der Waals surface area contributed by atoms with Crippen molar-refractivity contribution in [3.8, 4) is 0 Å². The van der Waals surface area contributed by atoms with Crippen LogP contribution in [0.1, 0.15) is 25.0 Å². The van der Waals surface area contributed by atoms with Crippen molar-refractivity contribution in [2.75, 3.05) is 0 Å². The molecule has 2 aliphatic rings. The number of benzene rings is 1. The van der Waals surface area contributed by atoms with Crippen LogP contribution in [-0.2, 0) is 17.6 Å². The van der Waals surface area contributed by atoms with E-state index in [0.717, 1.165) is 12.8 Å². The van der Waals surface area contributed by atoms with Crippen molar-refractivity contribution in [3.63, 3.8) is 0 Å². The molecule has 0 spiro atoms. The minimum Gasteiger partial charge on any atom is -0.481 e. The van der Waals surface area contributed by atoms with E-state index in [2.05, 4.69) is 38.1 Å². The first-order valence-electron chi connectivity index (χ1n) is 6.31. The average molecular weight is 230 g/mol. The van der Waals surface area contributed by atoms with Crippen molar-refractivity contribution < 1.29 is 9.90 Å². The molecule has 0 radical (unpaired) electrons. The second-order valence-electron chi connectivity index (χ2n) is 6.10. The van der Waals surface area contributed by atoms with E-state index < -0.39 is 5.97 Å². The Hall–Kier alpha value is -1.31. The van der Waals surface area contributed by atoms with Crippen LogP contribution < -0.4 is 0 Å². The Bertz CT molecular complexity index is 451. The summed E-state index contributed by atoms with van der Waals surface area (Å²) in [5.41, 5.74) is 2.83. The molecule has 1 fully saturated rings. The molecule has 1 saturated carbocycles. The summed E-state index contributed by atoms with van der Waals surface area (Å²) < 4.78 is 0. The largest absolute Gasteiger partial charge is 0.481 e. The molecule has 2 aliphatic carbocycles. The van der Waals surface area contributed by atoms with E-state index in [1.807, 2.05) is 0 Å². The van der Waals surface area contributed by atoms with Crippen LogP contribution >= 0.6 is 0 Å². The maximum absolute atomic E-state index is 11.2. The lowest BCUT2D eigenvalue weighted by Crippen LogP contribution is -2.08. The summed E-state index contributed by atoms with van der Waals surface area (Å²) in [4.78, 5) is 11.2. The number of carbonyl (C=O) groups is 1. The highest BCUT2D eigenvalue weighted by atomic mass is 16.4. The minimum atomic E-state index is -0.615. The zero-order valence-electron chi connectivity index (χ0n) is 10.3. The van der Waals surface area contributed by atoms with Gasteiger partial charge in [0.05, 0.1) is 5.92 Å². The molecule has 17 heavy (non-hydrogen) atoms. The summed E-state index contributed by atoms with van der Waals surface area (Å²) in [5, 5.41) is 9.24. The van der Waals surface area contributed by atoms with Gasteiger partial charge in [0.15, 0.2) is 0 Å². The second-order valence-corrected chi connectivity index (χ2v) is 6.10. The van der Waals surface area contributed by atoms with E-state index in [4.69, 9.17) is 0 Å². The molecule has 0 amide bonds. The summed E-state index contributed by atoms with van der Waals surface area (Å²) in [6.07, 6.45) is 2.13. The highest BCUT2D eigenvalue weighted by Crippen LogP contribution is 2.63. The molecule has 0 aliphatic heterocycles. The van der Waals surface area contributed by atoms with Crippen LogP contribution in [0.25, 0.3) is 0 Å². The summed E-state index contributed by atoms with van der Waals surface area (Å²) in [5.74, 6) is 0.133. The summed E-state index contributed by atoms with van der Waals surface area (Å²) in [6, 6.07) is 8.52. The van der Waals surface area contributed by atoms with Crippen molar-refractivity contribution in [1.82, 2.24) is 0 Å². The van der Waals surface area contributed by atoms with Gasteiger partial charge in [0.25, 0.3) is 0 Å². The normalized spacial score (nSPS) is 30.0. The Morgan fingerprint density at radius 1 is 1.24 bits per heavy atom. The number of fused-ring (bicyclic) bond motifs is 1. The molecule has 1 N–H and O–H groups in total. The summed E-state index contributed by atoms with van der Waals surface area (Å²) in [6.45, 7) is 4.19. The third kappa shape index (κ3) is 1.50. The topological polar surface area (TPSA) is 37.3 Å². The smallest absolute Gasteiger partial charge is 0.307 e. The van der Waals surface area contributed by atoms with Crippen LogP contribution in [0.2, 0.25) is 0 Å². The zero-order chi connectivity index (χ0) is 12.2. The van der Waals surface area contributed by atoms with Crippen molar-refractivity contribution in [1.29, 1.82) is 0 Å². The van der Waals surface area contributed by atoms with E-state index in [0.29, 0.717) is 11.8 Å². The van der Waals surface area contributed by atoms with Crippen LogP contribution in [0.15, 0.2) is 24.3 Å². The maximum Gasteiger partial charge on any atom is 0.307 e. The monoisotopic (exact) mass is 230 g/mol. The van der Waals surface area contributed by atoms with Crippen LogP contribution in [-0.4, -0.2) is 11.1 Å². The molecule has 0 heterocycles. The molecular weight excluding hydrogens is 212 g/mol. The van der Waals surface area contributed by atoms with E-state index in [1.165, 1.54) is 11.1 Å². The van der Waals surface area contributed by atoms with Gasteiger partial charge in [-0.15, -0.1) is 0 Å². The number of aliphatic carboxylic acids is 1. The molecule has 2 heteroatoms. The molecule has 1 aromatic rings. The van der Waals surface area contributed by atoms with E-state index in [-0.39, 0.29) is 11.3 Å². The Kier molecular flexibility index (Phi) is 2.13. The lowest BCUT2D eigenvalue weighted by Gasteiger charge is -2.09. The van der Waals surface area contributed by atoms with Gasteiger partial charge in [0.1, 0.15) is 0 Å². The van der Waals surface area contributed by atoms with E-state index >= 15 is 0 Å². The predicted molar refractivity (Wildman–Crippen MR) is 65.7 cm³/mol. The van der Waals surface area contributed by atoms with Crippen LogP contribution in [0.4, 0.5) is 0 Å². The number of carboxylic acids is 1. The fourth-order valence-electron chi connectivity index (χ4n) is 3.88. The first-order chi connectivity index (χ1) is 8.01. The lowest BCUT2D eigenvalue weighted by atomic mass is 9.94. The molecule has 0 bridgehead atoms. The second kappa shape index (κ2) is 3.34. The van der Waals surface area contributed by atoms with Gasteiger partial charge in [0, 0.05) is 0 Å². The van der Waals surface area contributed by atoms with Crippen LogP contribution in [0.3, 0.4) is 0 Å². The van der Waals surface area contributed by atoms with Gasteiger partial charge in [0.2, 0.25) is 0 Å². The minimum absolute atomic E-state index is 0.0153. The molecular formula is C15H18O2. The van der Waals surface area contributed by atoms with Gasteiger partial charge in [-0.3, -0.25) is 4.79 Å². The molecule has 2 nitrogen and oxygen atoms in total. The zero-order valence-corrected chi connectivity index (χ0v) is 10.3. The summed E-state index contributed by atoms with van der Waals surface area (Å²) in [7, 11) is 0. The number of rotatable bonds is 2. The van der Waals surface area contributed by atoms with Crippen molar-refractivity contribution in [3.05, 3.63) is 35.4 Å². The lowest BCUT2D eigenvalue weighted by molar-refractivity contribution is -0.139. The van der Waals surface area contributed by atoms with Gasteiger partial charge in [-0.1, -0.05) is 38.1 Å². The van der Waals surface area contributed by atoms with Gasteiger partial charge >= 0.3 is 5.97 Å². The maximum atomic E-state index is 11.2. The molecule has 3 rings (SSSR count). The molecule has 0 saturated heterocycles. The summed E-state index contributed by atoms with van der Waals surface area (Å²) >= 11 is 0. The van der Waals surface area contributed by atoms with E-state index in [9.17, 15) is 9.90 Å². The molecule has 1 aromatic carbocycles. The average Bonchev–Trinajstić information content (AvgIpc) is 2.68. The molecule has 0 aromatic heterocycles. The van der Waals surface area contributed by atoms with Crippen molar-refractivity contribution in [2.24, 2.45) is 23.2 Å². The molecule has 90 valence electrons. The SMILES string of the molecule is CC1(C)[C@H](C(=O)O)[C@H]1C1Cc2ccccc2C1. The third-order valence-electron chi connectivity index (χ3n) is 4.77. The van der Waals surface area contributed by atoms with E-state index in [1.54, 1.807) is 0 Å². The van der Waals surface area contributed by atoms with Crippen molar-refractivity contribution in [2.45, 2.75) is 26.7 Å². The van der Waals surface area contributed by atoms with Crippen molar-refractivity contribution >= 4 is 5.97 Å². The Balaban J connectivity index is 1.81. The standard InChI is InChI=1S/C15H18O2/c1-15(2)12(13(15)14(16)17)11-7-9-5-3-4-6-10(9)8-11/h3-6,11-13H,7-8H2,1-2H3,(H,16,17)/t12-,13+/m1/s1. The predicted octanol–water partition coefficient (Wildman–Crippen LogP) is 2.76. The van der Waals surface area contributed by atoms with Gasteiger partial charge in [-0.05, 0) is 41.2 Å². The van der Waals surface area contributed by atoms with Gasteiger partial charge in [-0.2, -0.15) is 0 Å². The van der Waals surface area contributed by atoms with Crippen LogP contribution in [0, 0.1) is 23.2 Å². The Morgan fingerprint density at radius 2 is 1.76 bits per heavy atom.